The summed E-state index contributed by atoms with van der Waals surface area (Å²) < 4.78 is 14.4. The molecule has 0 bridgehead atoms. The zero-order chi connectivity index (χ0) is 45.0. The number of carbonyl (C=O) groups is 1. The number of nitriles is 2. The molecule has 1 aliphatic heterocycles. The van der Waals surface area contributed by atoms with Gasteiger partial charge in [0.2, 0.25) is 5.91 Å². The molecule has 328 valence electrons. The highest BCUT2D eigenvalue weighted by atomic mass is 16.5. The summed E-state index contributed by atoms with van der Waals surface area (Å²) in [6.07, 6.45) is 2.56. The summed E-state index contributed by atoms with van der Waals surface area (Å²) in [7, 11) is 1.62. The van der Waals surface area contributed by atoms with E-state index in [1.165, 1.54) is 45.0 Å². The molecule has 0 radical (unpaired) electrons. The zero-order valence-electron chi connectivity index (χ0n) is 37.5. The van der Waals surface area contributed by atoms with Crippen LogP contribution in [0.1, 0.15) is 101 Å². The normalized spacial score (nSPS) is 11.0. The first-order chi connectivity index (χ1) is 30.0. The number of nitrogen functional groups attached to an aromatic ring is 1. The van der Waals surface area contributed by atoms with Crippen molar-refractivity contribution >= 4 is 39.1 Å². The Labute approximate surface area is 375 Å². The second-order valence-electron chi connectivity index (χ2n) is 14.4. The van der Waals surface area contributed by atoms with Crippen LogP contribution in [0.25, 0.3) is 21.8 Å². The fourth-order valence-electron chi connectivity index (χ4n) is 6.91. The number of nitrogens with two attached hydrogens (primary N) is 1. The number of ether oxygens (including phenoxy) is 2. The molecular weight excluding hydrogens is 783 g/mol. The van der Waals surface area contributed by atoms with E-state index in [1.807, 2.05) is 78.2 Å². The van der Waals surface area contributed by atoms with Crippen LogP contribution >= 0.6 is 0 Å². The van der Waals surface area contributed by atoms with Crippen molar-refractivity contribution in [2.75, 3.05) is 51.0 Å². The van der Waals surface area contributed by atoms with E-state index in [2.05, 4.69) is 91.3 Å². The molecule has 10 heteroatoms. The molecule has 3 N–H and O–H groups in total. The Balaban J connectivity index is 0.000000264. The summed E-state index contributed by atoms with van der Waals surface area (Å²) in [6, 6.07) is 31.1. The lowest BCUT2D eigenvalue weighted by Gasteiger charge is -2.13. The Morgan fingerprint density at radius 1 is 0.730 bits per heavy atom. The first-order valence-corrected chi connectivity index (χ1v) is 21.3. The summed E-state index contributed by atoms with van der Waals surface area (Å²) in [4.78, 5) is 13.5. The number of aromatic nitrogens is 2. The maximum Gasteiger partial charge on any atom is 0.221 e. The van der Waals surface area contributed by atoms with Crippen LogP contribution in [0.2, 0.25) is 0 Å². The van der Waals surface area contributed by atoms with Gasteiger partial charge >= 0.3 is 0 Å². The molecule has 0 unspecified atom stereocenters. The van der Waals surface area contributed by atoms with Gasteiger partial charge in [-0.25, -0.2) is 0 Å². The number of carbonyl (C=O) groups excluding carboxylic acids is 1. The minimum Gasteiger partial charge on any atom is -0.497 e. The molecule has 1 aliphatic rings. The van der Waals surface area contributed by atoms with E-state index < -0.39 is 0 Å². The quantitative estimate of drug-likeness (QED) is 0.121. The van der Waals surface area contributed by atoms with Gasteiger partial charge in [-0.3, -0.25) is 4.79 Å². The minimum atomic E-state index is -0.115. The van der Waals surface area contributed by atoms with Gasteiger partial charge in [-0.15, -0.1) is 0 Å². The number of hydrogen-bond donors (Lipinski definition) is 2. The zero-order valence-corrected chi connectivity index (χ0v) is 37.5. The molecular formula is C53H63N7O3. The molecule has 6 aromatic rings. The second-order valence-corrected chi connectivity index (χ2v) is 14.4. The first-order valence-electron chi connectivity index (χ1n) is 21.3. The molecule has 0 saturated carbocycles. The number of methoxy groups -OCH3 is 1. The third-order valence-electron chi connectivity index (χ3n) is 10.3. The van der Waals surface area contributed by atoms with Gasteiger partial charge in [0.25, 0.3) is 0 Å². The van der Waals surface area contributed by atoms with Crippen molar-refractivity contribution in [2.24, 2.45) is 0 Å². The summed E-state index contributed by atoms with van der Waals surface area (Å²) >= 11 is 0. The van der Waals surface area contributed by atoms with Crippen molar-refractivity contribution in [3.05, 3.63) is 124 Å². The Hall–Kier alpha value is -6.95. The Kier molecular flexibility index (Phi) is 20.6. The van der Waals surface area contributed by atoms with Gasteiger partial charge in [0, 0.05) is 72.6 Å². The number of nitrogens with zero attached hydrogens (tertiary/aromatic N) is 5. The van der Waals surface area contributed by atoms with Crippen molar-refractivity contribution in [1.29, 1.82) is 10.5 Å². The molecule has 1 saturated heterocycles. The lowest BCUT2D eigenvalue weighted by Crippen LogP contribution is -2.21. The van der Waals surface area contributed by atoms with E-state index in [4.69, 9.17) is 15.2 Å². The predicted molar refractivity (Wildman–Crippen MR) is 260 cm³/mol. The van der Waals surface area contributed by atoms with Crippen LogP contribution in [0.15, 0.2) is 84.9 Å². The van der Waals surface area contributed by atoms with Gasteiger partial charge in [0.15, 0.2) is 0 Å². The second kappa shape index (κ2) is 25.7. The topological polar surface area (TPSA) is 134 Å². The van der Waals surface area contributed by atoms with Gasteiger partial charge in [-0.05, 0) is 137 Å². The van der Waals surface area contributed by atoms with Gasteiger partial charge in [-0.1, -0.05) is 52.2 Å². The van der Waals surface area contributed by atoms with Gasteiger partial charge < -0.3 is 34.6 Å². The molecule has 63 heavy (non-hydrogen) atoms. The summed E-state index contributed by atoms with van der Waals surface area (Å²) in [5.74, 6) is 13.2. The molecule has 0 aliphatic carbocycles. The van der Waals surface area contributed by atoms with Crippen LogP contribution in [0.4, 0.5) is 11.4 Å². The number of nitrogens with one attached hydrogen (secondary N) is 1. The van der Waals surface area contributed by atoms with Crippen LogP contribution in [0, 0.1) is 53.3 Å². The van der Waals surface area contributed by atoms with Crippen molar-refractivity contribution in [3.8, 4) is 41.6 Å². The highest BCUT2D eigenvalue weighted by molar-refractivity contribution is 5.91. The Morgan fingerprint density at radius 2 is 1.21 bits per heavy atom. The third-order valence-corrected chi connectivity index (χ3v) is 10.3. The molecule has 3 heterocycles. The van der Waals surface area contributed by atoms with E-state index in [0.717, 1.165) is 69.8 Å². The molecule has 0 atom stereocenters. The molecule has 7 rings (SSSR count). The molecule has 1 fully saturated rings. The number of amides is 1. The number of hydrogen-bond acceptors (Lipinski definition) is 7. The van der Waals surface area contributed by atoms with Crippen molar-refractivity contribution in [1.82, 2.24) is 14.0 Å². The van der Waals surface area contributed by atoms with E-state index in [0.29, 0.717) is 29.1 Å². The van der Waals surface area contributed by atoms with Crippen molar-refractivity contribution in [2.45, 2.75) is 81.8 Å². The third kappa shape index (κ3) is 13.8. The largest absolute Gasteiger partial charge is 0.497 e. The van der Waals surface area contributed by atoms with Crippen molar-refractivity contribution < 1.29 is 14.3 Å². The molecule has 2 aromatic heterocycles. The Morgan fingerprint density at radius 3 is 1.60 bits per heavy atom. The van der Waals surface area contributed by atoms with Gasteiger partial charge in [0.1, 0.15) is 29.3 Å². The average Bonchev–Trinajstić information content (AvgIpc) is 4.04. The maximum atomic E-state index is 11.1. The van der Waals surface area contributed by atoms with E-state index >= 15 is 0 Å². The summed E-state index contributed by atoms with van der Waals surface area (Å²) in [6.45, 7) is 21.2. The number of benzene rings is 4. The average molecular weight is 846 g/mol. The van der Waals surface area contributed by atoms with Crippen LogP contribution in [0.3, 0.4) is 0 Å². The minimum absolute atomic E-state index is 0. The smallest absolute Gasteiger partial charge is 0.221 e. The van der Waals surface area contributed by atoms with Crippen LogP contribution in [-0.2, 0) is 22.6 Å². The van der Waals surface area contributed by atoms with E-state index in [1.54, 1.807) is 19.2 Å². The standard InChI is InChI=1S/C22H19N3O2.C20H17N3.C6H15N.C4H8O.CH4/c1-4-25-21(12-7-16-5-8-17(9-6-16)24-15(2)26)20(14-23)19-11-10-18(27-3)13-22(19)25;1-3-23-19(11-7-15-5-8-16(22)9-6-15)18(13-21)17-10-4-14(2)12-20(17)23;1-4-7(5-2)6-3;1-2-4-5-3-1;/h5-6,8-11,13H,4H2,1-3H3,(H,24,26);4-6,8-10,12H,3,22H2,1-2H3;4-6H2,1-3H3;1-4H2;1H4. The van der Waals surface area contributed by atoms with E-state index in [-0.39, 0.29) is 13.3 Å². The Bertz CT molecular complexity index is 2610. The summed E-state index contributed by atoms with van der Waals surface area (Å²) in [5, 5.41) is 23.8. The first kappa shape index (κ1) is 50.4. The molecule has 1 amide bonds. The fraction of sp³-hybridized carbons (Fsp3) is 0.340. The fourth-order valence-corrected chi connectivity index (χ4v) is 6.91. The SMILES string of the molecule is C.C1CCOC1.CCN(CC)CC.CCn1c(C#Cc2ccc(N)cc2)c(C#N)c2ccc(C)cc21.CCn1c(C#Cc2ccc(NC(C)=O)cc2)c(C#N)c2ccc(OC)cc21. The number of aryl methyl sites for hydroxylation is 3. The monoisotopic (exact) mass is 845 g/mol. The van der Waals surface area contributed by atoms with Crippen LogP contribution < -0.4 is 15.8 Å². The van der Waals surface area contributed by atoms with E-state index in [9.17, 15) is 15.3 Å². The van der Waals surface area contributed by atoms with Gasteiger partial charge in [-0.2, -0.15) is 10.5 Å². The van der Waals surface area contributed by atoms with Crippen molar-refractivity contribution in [3.63, 3.8) is 0 Å². The lowest BCUT2D eigenvalue weighted by atomic mass is 10.1. The lowest BCUT2D eigenvalue weighted by molar-refractivity contribution is -0.114. The number of fused-ring (bicyclic) bond motifs is 2. The molecule has 0 spiro atoms. The summed E-state index contributed by atoms with van der Waals surface area (Å²) in [5.41, 5.74) is 14.7. The highest BCUT2D eigenvalue weighted by Gasteiger charge is 2.16. The number of rotatable bonds is 7. The maximum absolute atomic E-state index is 11.1. The predicted octanol–water partition coefficient (Wildman–Crippen LogP) is 10.5. The van der Waals surface area contributed by atoms with Crippen LogP contribution in [0.5, 0.6) is 5.75 Å². The molecule has 4 aromatic carbocycles. The molecule has 10 nitrogen and oxygen atoms in total. The van der Waals surface area contributed by atoms with Crippen LogP contribution in [-0.4, -0.2) is 59.9 Å². The number of anilines is 2. The van der Waals surface area contributed by atoms with Gasteiger partial charge in [0.05, 0.1) is 29.3 Å². The highest BCUT2D eigenvalue weighted by Crippen LogP contribution is 2.29.